The third-order valence-corrected chi connectivity index (χ3v) is 5.70. The van der Waals surface area contributed by atoms with Crippen molar-refractivity contribution < 1.29 is 23.9 Å². The molecule has 0 spiro atoms. The number of carbonyl (C=O) groups excluding carboxylic acids is 3. The van der Waals surface area contributed by atoms with E-state index in [0.29, 0.717) is 38.1 Å². The zero-order valence-corrected chi connectivity index (χ0v) is 18.0. The largest absolute Gasteiger partial charge is 0.452 e. The highest BCUT2D eigenvalue weighted by Crippen LogP contribution is 2.29. The zero-order valence-electron chi connectivity index (χ0n) is 18.0. The summed E-state index contributed by atoms with van der Waals surface area (Å²) in [6, 6.07) is 17.3. The molecule has 1 aliphatic rings. The number of likely N-dealkylation sites (tertiary alicyclic amines) is 1. The van der Waals surface area contributed by atoms with E-state index in [0.717, 1.165) is 21.5 Å². The molecule has 7 nitrogen and oxygen atoms in total. The topological polar surface area (TPSA) is 84.9 Å². The molecule has 32 heavy (non-hydrogen) atoms. The Labute approximate surface area is 186 Å². The van der Waals surface area contributed by atoms with Crippen molar-refractivity contribution in [3.05, 3.63) is 60.2 Å². The van der Waals surface area contributed by atoms with E-state index in [4.69, 9.17) is 9.47 Å². The first-order chi connectivity index (χ1) is 15.6. The van der Waals surface area contributed by atoms with Crippen LogP contribution in [0.3, 0.4) is 0 Å². The number of carbonyl (C=O) groups is 3. The summed E-state index contributed by atoms with van der Waals surface area (Å²) in [5.41, 5.74) is 0.467. The summed E-state index contributed by atoms with van der Waals surface area (Å²) < 4.78 is 10.4. The molecule has 4 rings (SSSR count). The standard InChI is InChI=1S/C25H26N2O5/c1-2-31-25(30)27-13-11-19(12-14-27)26-22(28)16-32-24(29)23-20-9-5-3-7-17(20)15-18-8-4-6-10-21(18)23/h3-10,15,19H,2,11-14,16H2,1H3,(H,26,28). The highest BCUT2D eigenvalue weighted by molar-refractivity contribution is 6.16. The Bertz CT molecular complexity index is 1100. The second-order valence-electron chi connectivity index (χ2n) is 7.80. The molecule has 3 aromatic rings. The van der Waals surface area contributed by atoms with Gasteiger partial charge in [0.25, 0.3) is 5.91 Å². The zero-order chi connectivity index (χ0) is 22.5. The maximum Gasteiger partial charge on any atom is 0.409 e. The minimum Gasteiger partial charge on any atom is -0.452 e. The highest BCUT2D eigenvalue weighted by Gasteiger charge is 2.25. The van der Waals surface area contributed by atoms with Crippen molar-refractivity contribution in [1.82, 2.24) is 10.2 Å². The Morgan fingerprint density at radius 2 is 1.53 bits per heavy atom. The van der Waals surface area contributed by atoms with Crippen molar-refractivity contribution in [3.63, 3.8) is 0 Å². The fourth-order valence-corrected chi connectivity index (χ4v) is 4.13. The van der Waals surface area contributed by atoms with Crippen molar-refractivity contribution in [2.75, 3.05) is 26.3 Å². The van der Waals surface area contributed by atoms with E-state index in [1.54, 1.807) is 11.8 Å². The summed E-state index contributed by atoms with van der Waals surface area (Å²) in [6.45, 7) is 2.80. The van der Waals surface area contributed by atoms with Gasteiger partial charge in [-0.25, -0.2) is 9.59 Å². The smallest absolute Gasteiger partial charge is 0.409 e. The van der Waals surface area contributed by atoms with Crippen LogP contribution in [0, 0.1) is 0 Å². The second kappa shape index (κ2) is 9.68. The fourth-order valence-electron chi connectivity index (χ4n) is 4.13. The molecule has 1 fully saturated rings. The molecule has 1 saturated heterocycles. The average Bonchev–Trinajstić information content (AvgIpc) is 2.81. The highest BCUT2D eigenvalue weighted by atomic mass is 16.6. The minimum atomic E-state index is -0.523. The first kappa shape index (κ1) is 21.6. The van der Waals surface area contributed by atoms with Crippen molar-refractivity contribution in [1.29, 1.82) is 0 Å². The monoisotopic (exact) mass is 434 g/mol. The van der Waals surface area contributed by atoms with Gasteiger partial charge in [0.1, 0.15) is 0 Å². The van der Waals surface area contributed by atoms with Gasteiger partial charge in [-0.2, -0.15) is 0 Å². The van der Waals surface area contributed by atoms with Gasteiger partial charge in [0.05, 0.1) is 12.2 Å². The molecule has 0 saturated carbocycles. The van der Waals surface area contributed by atoms with Gasteiger partial charge in [-0.05, 0) is 47.4 Å². The summed E-state index contributed by atoms with van der Waals surface area (Å²) in [7, 11) is 0. The number of fused-ring (bicyclic) bond motifs is 2. The van der Waals surface area contributed by atoms with Crippen LogP contribution in [0.5, 0.6) is 0 Å². The number of nitrogens with zero attached hydrogens (tertiary/aromatic N) is 1. The van der Waals surface area contributed by atoms with Crippen molar-refractivity contribution in [2.24, 2.45) is 0 Å². The van der Waals surface area contributed by atoms with E-state index in [1.807, 2.05) is 54.6 Å². The van der Waals surface area contributed by atoms with E-state index < -0.39 is 5.97 Å². The van der Waals surface area contributed by atoms with Gasteiger partial charge >= 0.3 is 12.1 Å². The van der Waals surface area contributed by atoms with Crippen LogP contribution in [0.2, 0.25) is 0 Å². The van der Waals surface area contributed by atoms with Crippen LogP contribution in [-0.4, -0.2) is 55.2 Å². The molecular formula is C25H26N2O5. The second-order valence-corrected chi connectivity index (χ2v) is 7.80. The summed E-state index contributed by atoms with van der Waals surface area (Å²) in [4.78, 5) is 38.8. The lowest BCUT2D eigenvalue weighted by atomic mass is 9.97. The molecule has 0 aromatic heterocycles. The minimum absolute atomic E-state index is 0.0646. The lowest BCUT2D eigenvalue weighted by Gasteiger charge is -2.31. The molecule has 7 heteroatoms. The van der Waals surface area contributed by atoms with E-state index in [9.17, 15) is 14.4 Å². The van der Waals surface area contributed by atoms with Gasteiger partial charge in [0, 0.05) is 19.1 Å². The molecule has 0 aliphatic carbocycles. The molecule has 3 aromatic carbocycles. The van der Waals surface area contributed by atoms with Crippen LogP contribution in [0.4, 0.5) is 4.79 Å². The SMILES string of the molecule is CCOC(=O)N1CCC(NC(=O)COC(=O)c2c3ccccc3cc3ccccc23)CC1. The quantitative estimate of drug-likeness (QED) is 0.487. The predicted molar refractivity (Wildman–Crippen MR) is 121 cm³/mol. The number of rotatable bonds is 5. The summed E-state index contributed by atoms with van der Waals surface area (Å²) in [5.74, 6) is -0.872. The Hall–Kier alpha value is -3.61. The summed E-state index contributed by atoms with van der Waals surface area (Å²) in [6.07, 6.45) is 0.937. The maximum atomic E-state index is 13.0. The molecule has 166 valence electrons. The first-order valence-electron chi connectivity index (χ1n) is 10.9. The third kappa shape index (κ3) is 4.66. The lowest BCUT2D eigenvalue weighted by molar-refractivity contribution is -0.125. The Morgan fingerprint density at radius 1 is 0.938 bits per heavy atom. The number of hydrogen-bond acceptors (Lipinski definition) is 5. The molecule has 0 bridgehead atoms. The molecular weight excluding hydrogens is 408 g/mol. The van der Waals surface area contributed by atoms with Crippen LogP contribution in [-0.2, 0) is 14.3 Å². The van der Waals surface area contributed by atoms with Crippen LogP contribution < -0.4 is 5.32 Å². The van der Waals surface area contributed by atoms with E-state index >= 15 is 0 Å². The fraction of sp³-hybridized carbons (Fsp3) is 0.320. The normalized spacial score (nSPS) is 14.3. The Balaban J connectivity index is 1.38. The number of amides is 2. The molecule has 2 amide bonds. The molecule has 0 unspecified atom stereocenters. The lowest BCUT2D eigenvalue weighted by Crippen LogP contribution is -2.47. The predicted octanol–water partition coefficient (Wildman–Crippen LogP) is 3.89. The van der Waals surface area contributed by atoms with Crippen LogP contribution in [0.1, 0.15) is 30.1 Å². The summed E-state index contributed by atoms with van der Waals surface area (Å²) >= 11 is 0. The van der Waals surface area contributed by atoms with Crippen molar-refractivity contribution in [2.45, 2.75) is 25.8 Å². The summed E-state index contributed by atoms with van der Waals surface area (Å²) in [5, 5.41) is 6.37. The molecule has 0 radical (unpaired) electrons. The van der Waals surface area contributed by atoms with Gasteiger partial charge in [-0.15, -0.1) is 0 Å². The number of benzene rings is 3. The van der Waals surface area contributed by atoms with E-state index in [-0.39, 0.29) is 24.6 Å². The molecule has 1 aliphatic heterocycles. The van der Waals surface area contributed by atoms with Gasteiger partial charge in [-0.1, -0.05) is 48.5 Å². The van der Waals surface area contributed by atoms with Gasteiger partial charge in [-0.3, -0.25) is 4.79 Å². The first-order valence-corrected chi connectivity index (χ1v) is 10.9. The Morgan fingerprint density at radius 3 is 2.12 bits per heavy atom. The Kier molecular flexibility index (Phi) is 6.54. The molecule has 1 heterocycles. The number of esters is 1. The maximum absolute atomic E-state index is 13.0. The van der Waals surface area contributed by atoms with Crippen molar-refractivity contribution in [3.8, 4) is 0 Å². The van der Waals surface area contributed by atoms with Crippen LogP contribution in [0.15, 0.2) is 54.6 Å². The van der Waals surface area contributed by atoms with Gasteiger partial charge in [0.15, 0.2) is 6.61 Å². The molecule has 1 N–H and O–H groups in total. The number of nitrogens with one attached hydrogen (secondary N) is 1. The number of hydrogen-bond donors (Lipinski definition) is 1. The van der Waals surface area contributed by atoms with Gasteiger partial charge < -0.3 is 19.7 Å². The molecule has 0 atom stereocenters. The van der Waals surface area contributed by atoms with E-state index in [1.165, 1.54) is 0 Å². The number of piperidine rings is 1. The number of ether oxygens (including phenoxy) is 2. The van der Waals surface area contributed by atoms with E-state index in [2.05, 4.69) is 5.32 Å². The van der Waals surface area contributed by atoms with Crippen LogP contribution in [0.25, 0.3) is 21.5 Å². The van der Waals surface area contributed by atoms with Crippen molar-refractivity contribution >= 4 is 39.5 Å². The third-order valence-electron chi connectivity index (χ3n) is 5.70. The van der Waals surface area contributed by atoms with Gasteiger partial charge in [0.2, 0.25) is 0 Å². The van der Waals surface area contributed by atoms with Crippen LogP contribution >= 0.6 is 0 Å². The average molecular weight is 434 g/mol.